The third-order valence-electron chi connectivity index (χ3n) is 6.70. The minimum Gasteiger partial charge on any atom is -0.0885 e. The van der Waals surface area contributed by atoms with Gasteiger partial charge in [-0.1, -0.05) is 23.3 Å². The summed E-state index contributed by atoms with van der Waals surface area (Å²) >= 11 is 0. The summed E-state index contributed by atoms with van der Waals surface area (Å²) < 4.78 is 0. The van der Waals surface area contributed by atoms with Crippen LogP contribution in [0.1, 0.15) is 78.1 Å². The van der Waals surface area contributed by atoms with Gasteiger partial charge in [-0.2, -0.15) is 0 Å². The van der Waals surface area contributed by atoms with E-state index < -0.39 is 0 Å². The normalized spacial score (nSPS) is 40.5. The van der Waals surface area contributed by atoms with Crippen molar-refractivity contribution in [2.75, 3.05) is 0 Å². The van der Waals surface area contributed by atoms with E-state index in [-0.39, 0.29) is 0 Å². The molecule has 112 valence electrons. The third-order valence-corrected chi connectivity index (χ3v) is 6.70. The van der Waals surface area contributed by atoms with Gasteiger partial charge in [-0.15, -0.1) is 0 Å². The summed E-state index contributed by atoms with van der Waals surface area (Å²) in [4.78, 5) is 0. The fraction of sp³-hybridized carbons (Fsp3) is 0.800. The molecule has 0 amide bonds. The first-order valence-electron chi connectivity index (χ1n) is 9.08. The molecule has 3 fully saturated rings. The summed E-state index contributed by atoms with van der Waals surface area (Å²) in [5.74, 6) is 4.24. The lowest BCUT2D eigenvalue weighted by Gasteiger charge is -2.43. The summed E-state index contributed by atoms with van der Waals surface area (Å²) in [5.41, 5.74) is 3.48. The maximum Gasteiger partial charge on any atom is -0.0289 e. The topological polar surface area (TPSA) is 0 Å². The Hall–Kier alpha value is -0.520. The van der Waals surface area contributed by atoms with Crippen molar-refractivity contribution in [2.24, 2.45) is 23.7 Å². The Morgan fingerprint density at radius 2 is 1.20 bits per heavy atom. The molecule has 3 aliphatic rings. The fourth-order valence-corrected chi connectivity index (χ4v) is 5.26. The molecule has 0 bridgehead atoms. The maximum atomic E-state index is 2.39. The predicted molar refractivity (Wildman–Crippen MR) is 87.6 cm³/mol. The minimum atomic E-state index is 1.04. The highest BCUT2D eigenvalue weighted by atomic mass is 14.4. The lowest BCUT2D eigenvalue weighted by atomic mass is 9.62. The minimum absolute atomic E-state index is 1.04. The highest BCUT2D eigenvalue weighted by molar-refractivity contribution is 5.08. The SMILES string of the molecule is CC=C1CCC(C2CCC3C/C(=C\C)CCC3C2)CC1. The molecule has 0 heteroatoms. The van der Waals surface area contributed by atoms with Crippen molar-refractivity contribution in [3.05, 3.63) is 23.3 Å². The highest BCUT2D eigenvalue weighted by Gasteiger charge is 2.36. The summed E-state index contributed by atoms with van der Waals surface area (Å²) in [5, 5.41) is 0. The summed E-state index contributed by atoms with van der Waals surface area (Å²) in [6.45, 7) is 4.46. The average molecular weight is 272 g/mol. The van der Waals surface area contributed by atoms with Gasteiger partial charge in [0.2, 0.25) is 0 Å². The Labute approximate surface area is 125 Å². The predicted octanol–water partition coefficient (Wildman–Crippen LogP) is 6.29. The van der Waals surface area contributed by atoms with Crippen LogP contribution in [0.3, 0.4) is 0 Å². The van der Waals surface area contributed by atoms with E-state index in [0.717, 1.165) is 23.7 Å². The Kier molecular flexibility index (Phi) is 4.68. The van der Waals surface area contributed by atoms with E-state index in [2.05, 4.69) is 26.0 Å². The van der Waals surface area contributed by atoms with Gasteiger partial charge in [-0.05, 0) is 102 Å². The number of hydrogen-bond donors (Lipinski definition) is 0. The standard InChI is InChI=1S/C20H32/c1-3-15-5-8-17(9-6-15)19-12-11-18-13-16(4-2)7-10-20(18)14-19/h3-4,17-20H,5-14H2,1-2H3/b15-3?,16-4-. The van der Waals surface area contributed by atoms with E-state index in [0.29, 0.717) is 0 Å². The van der Waals surface area contributed by atoms with Gasteiger partial charge in [0, 0.05) is 0 Å². The zero-order chi connectivity index (χ0) is 13.9. The van der Waals surface area contributed by atoms with Gasteiger partial charge < -0.3 is 0 Å². The average Bonchev–Trinajstić information content (AvgIpc) is 2.54. The molecule has 0 aromatic carbocycles. The smallest absolute Gasteiger partial charge is 0.0289 e. The van der Waals surface area contributed by atoms with Gasteiger partial charge in [-0.25, -0.2) is 0 Å². The summed E-state index contributed by atoms with van der Waals surface area (Å²) in [6.07, 6.45) is 19.5. The van der Waals surface area contributed by atoms with E-state index in [1.807, 2.05) is 0 Å². The van der Waals surface area contributed by atoms with E-state index in [9.17, 15) is 0 Å². The van der Waals surface area contributed by atoms with Crippen LogP contribution in [0.4, 0.5) is 0 Å². The maximum absolute atomic E-state index is 2.39. The summed E-state index contributed by atoms with van der Waals surface area (Å²) in [6, 6.07) is 0. The van der Waals surface area contributed by atoms with Crippen molar-refractivity contribution < 1.29 is 0 Å². The van der Waals surface area contributed by atoms with Gasteiger partial charge >= 0.3 is 0 Å². The van der Waals surface area contributed by atoms with E-state index in [1.165, 1.54) is 57.8 Å². The van der Waals surface area contributed by atoms with Crippen LogP contribution in [0.5, 0.6) is 0 Å². The zero-order valence-electron chi connectivity index (χ0n) is 13.5. The third kappa shape index (κ3) is 3.05. The molecule has 3 unspecified atom stereocenters. The first-order valence-corrected chi connectivity index (χ1v) is 9.08. The van der Waals surface area contributed by atoms with Crippen LogP contribution in [0.2, 0.25) is 0 Å². The summed E-state index contributed by atoms with van der Waals surface area (Å²) in [7, 11) is 0. The van der Waals surface area contributed by atoms with Crippen molar-refractivity contribution in [3.63, 3.8) is 0 Å². The van der Waals surface area contributed by atoms with Crippen molar-refractivity contribution in [1.82, 2.24) is 0 Å². The van der Waals surface area contributed by atoms with E-state index in [4.69, 9.17) is 0 Å². The van der Waals surface area contributed by atoms with E-state index >= 15 is 0 Å². The highest BCUT2D eigenvalue weighted by Crippen LogP contribution is 2.48. The number of rotatable bonds is 1. The van der Waals surface area contributed by atoms with Crippen LogP contribution < -0.4 is 0 Å². The van der Waals surface area contributed by atoms with E-state index in [1.54, 1.807) is 17.6 Å². The molecule has 3 saturated carbocycles. The lowest BCUT2D eigenvalue weighted by Crippen LogP contribution is -2.32. The molecule has 0 radical (unpaired) electrons. The Morgan fingerprint density at radius 3 is 1.90 bits per heavy atom. The monoisotopic (exact) mass is 272 g/mol. The van der Waals surface area contributed by atoms with Gasteiger partial charge in [-0.3, -0.25) is 0 Å². The van der Waals surface area contributed by atoms with Crippen molar-refractivity contribution >= 4 is 0 Å². The van der Waals surface area contributed by atoms with Gasteiger partial charge in [0.05, 0.1) is 0 Å². The molecular formula is C20H32. The van der Waals surface area contributed by atoms with Crippen molar-refractivity contribution in [2.45, 2.75) is 78.1 Å². The van der Waals surface area contributed by atoms with Crippen molar-refractivity contribution in [3.8, 4) is 0 Å². The molecule has 0 heterocycles. The van der Waals surface area contributed by atoms with Crippen molar-refractivity contribution in [1.29, 1.82) is 0 Å². The Morgan fingerprint density at radius 1 is 0.650 bits per heavy atom. The second-order valence-electron chi connectivity index (χ2n) is 7.57. The molecule has 0 spiro atoms. The van der Waals surface area contributed by atoms with Crippen LogP contribution >= 0.6 is 0 Å². The second-order valence-corrected chi connectivity index (χ2v) is 7.57. The second kappa shape index (κ2) is 6.50. The molecule has 20 heavy (non-hydrogen) atoms. The van der Waals surface area contributed by atoms with Crippen LogP contribution in [0.15, 0.2) is 23.3 Å². The van der Waals surface area contributed by atoms with Crippen LogP contribution in [-0.4, -0.2) is 0 Å². The first kappa shape index (κ1) is 14.4. The molecule has 3 rings (SSSR count). The zero-order valence-corrected chi connectivity index (χ0v) is 13.5. The van der Waals surface area contributed by atoms with Gasteiger partial charge in [0.1, 0.15) is 0 Å². The molecule has 0 saturated heterocycles. The lowest BCUT2D eigenvalue weighted by molar-refractivity contribution is 0.103. The number of hydrogen-bond acceptors (Lipinski definition) is 0. The number of fused-ring (bicyclic) bond motifs is 1. The Balaban J connectivity index is 1.55. The molecule has 0 aromatic heterocycles. The molecule has 0 aromatic rings. The van der Waals surface area contributed by atoms with Gasteiger partial charge in [0.15, 0.2) is 0 Å². The van der Waals surface area contributed by atoms with Crippen LogP contribution in [-0.2, 0) is 0 Å². The molecule has 0 nitrogen and oxygen atoms in total. The first-order chi connectivity index (χ1) is 9.80. The largest absolute Gasteiger partial charge is 0.0885 e. The number of allylic oxidation sites excluding steroid dienone is 4. The molecular weight excluding hydrogens is 240 g/mol. The molecule has 0 aliphatic heterocycles. The van der Waals surface area contributed by atoms with Crippen LogP contribution in [0.25, 0.3) is 0 Å². The molecule has 0 N–H and O–H groups in total. The quantitative estimate of drug-likeness (QED) is 0.492. The molecule has 3 aliphatic carbocycles. The molecule has 3 atom stereocenters. The van der Waals surface area contributed by atoms with Crippen LogP contribution in [0, 0.1) is 23.7 Å². The Bertz CT molecular complexity index is 374. The van der Waals surface area contributed by atoms with Gasteiger partial charge in [0.25, 0.3) is 0 Å². The fourth-order valence-electron chi connectivity index (χ4n) is 5.26.